The summed E-state index contributed by atoms with van der Waals surface area (Å²) in [5.41, 5.74) is 0.588. The maximum atomic E-state index is 12.4. The minimum absolute atomic E-state index is 0.0865. The van der Waals surface area contributed by atoms with Crippen LogP contribution in [-0.4, -0.2) is 59.2 Å². The van der Waals surface area contributed by atoms with Gasteiger partial charge >= 0.3 is 0 Å². The quantitative estimate of drug-likeness (QED) is 0.654. The molecule has 5 nitrogen and oxygen atoms in total. The molecule has 0 bridgehead atoms. The number of hydrogen-bond acceptors (Lipinski definition) is 5. The Labute approximate surface area is 125 Å². The first-order valence-corrected chi connectivity index (χ1v) is 7.93. The highest BCUT2D eigenvalue weighted by Gasteiger charge is 2.20. The average Bonchev–Trinajstić information content (AvgIpc) is 2.84. The van der Waals surface area contributed by atoms with Gasteiger partial charge in [-0.1, -0.05) is 13.8 Å². The Hall–Kier alpha value is -1.01. The summed E-state index contributed by atoms with van der Waals surface area (Å²) in [4.78, 5) is 14.5. The van der Waals surface area contributed by atoms with Crippen LogP contribution in [0.3, 0.4) is 0 Å². The Morgan fingerprint density at radius 2 is 2.25 bits per heavy atom. The summed E-state index contributed by atoms with van der Waals surface area (Å²) in [6, 6.07) is 0. The highest BCUT2D eigenvalue weighted by atomic mass is 32.2. The summed E-state index contributed by atoms with van der Waals surface area (Å²) in [6.45, 7) is 5.79. The van der Waals surface area contributed by atoms with Crippen LogP contribution in [0.5, 0.6) is 5.75 Å². The van der Waals surface area contributed by atoms with Crippen LogP contribution in [-0.2, 0) is 6.54 Å². The smallest absolute Gasteiger partial charge is 0.194 e. The standard InChI is InChI=1S/C14H25N3O2S/c1-6-11(2)20-10-12(18)14-13(19-5)9-15-17(14)8-7-16(3)4/h9,11H,6-8,10H2,1-5H3. The monoisotopic (exact) mass is 299 g/mol. The van der Waals surface area contributed by atoms with E-state index in [1.807, 2.05) is 14.1 Å². The summed E-state index contributed by atoms with van der Waals surface area (Å²) in [6.07, 6.45) is 2.69. The number of ketones is 1. The van der Waals surface area contributed by atoms with Crippen LogP contribution in [0, 0.1) is 0 Å². The van der Waals surface area contributed by atoms with Crippen LogP contribution in [0.1, 0.15) is 30.8 Å². The first-order valence-electron chi connectivity index (χ1n) is 6.88. The normalized spacial score (nSPS) is 12.7. The third-order valence-corrected chi connectivity index (χ3v) is 4.45. The number of carbonyl (C=O) groups excluding carboxylic acids is 1. The van der Waals surface area contributed by atoms with Crippen molar-refractivity contribution in [1.82, 2.24) is 14.7 Å². The number of nitrogens with zero attached hydrogens (tertiary/aromatic N) is 3. The number of ether oxygens (including phenoxy) is 1. The molecule has 114 valence electrons. The summed E-state index contributed by atoms with van der Waals surface area (Å²) in [5.74, 6) is 1.13. The lowest BCUT2D eigenvalue weighted by atomic mass is 10.3. The Morgan fingerprint density at radius 1 is 1.55 bits per heavy atom. The van der Waals surface area contributed by atoms with E-state index in [2.05, 4.69) is 23.8 Å². The van der Waals surface area contributed by atoms with E-state index >= 15 is 0 Å². The molecule has 1 aromatic rings. The number of hydrogen-bond donors (Lipinski definition) is 0. The number of carbonyl (C=O) groups is 1. The molecule has 20 heavy (non-hydrogen) atoms. The molecule has 0 aliphatic heterocycles. The number of methoxy groups -OCH3 is 1. The molecule has 0 radical (unpaired) electrons. The maximum Gasteiger partial charge on any atom is 0.194 e. The number of thioether (sulfide) groups is 1. The lowest BCUT2D eigenvalue weighted by Gasteiger charge is -2.13. The molecule has 0 N–H and O–H groups in total. The minimum Gasteiger partial charge on any atom is -0.493 e. The first kappa shape index (κ1) is 17.0. The van der Waals surface area contributed by atoms with Crippen LogP contribution in [0.2, 0.25) is 0 Å². The van der Waals surface area contributed by atoms with Crippen LogP contribution >= 0.6 is 11.8 Å². The van der Waals surface area contributed by atoms with Crippen molar-refractivity contribution in [3.05, 3.63) is 11.9 Å². The molecule has 1 unspecified atom stereocenters. The van der Waals surface area contributed by atoms with E-state index in [1.54, 1.807) is 29.8 Å². The summed E-state index contributed by atoms with van der Waals surface area (Å²) in [5, 5.41) is 4.75. The third kappa shape index (κ3) is 4.83. The van der Waals surface area contributed by atoms with Crippen molar-refractivity contribution in [3.8, 4) is 5.75 Å². The van der Waals surface area contributed by atoms with Gasteiger partial charge in [-0.05, 0) is 20.5 Å². The van der Waals surface area contributed by atoms with Crippen LogP contribution in [0.4, 0.5) is 0 Å². The van der Waals surface area contributed by atoms with Crippen molar-refractivity contribution in [2.24, 2.45) is 0 Å². The van der Waals surface area contributed by atoms with Crippen molar-refractivity contribution in [1.29, 1.82) is 0 Å². The van der Waals surface area contributed by atoms with E-state index < -0.39 is 0 Å². The van der Waals surface area contributed by atoms with Gasteiger partial charge in [0.1, 0.15) is 5.69 Å². The molecule has 1 atom stereocenters. The zero-order valence-electron chi connectivity index (χ0n) is 13.0. The molecule has 0 aliphatic carbocycles. The number of likely N-dealkylation sites (N-methyl/N-ethyl adjacent to an activating group) is 1. The maximum absolute atomic E-state index is 12.4. The predicted octanol–water partition coefficient (Wildman–Crippen LogP) is 2.17. The van der Waals surface area contributed by atoms with Crippen LogP contribution < -0.4 is 4.74 Å². The number of aromatic nitrogens is 2. The Kier molecular flexibility index (Phi) is 7.09. The second-order valence-electron chi connectivity index (χ2n) is 5.04. The SMILES string of the molecule is CCC(C)SCC(=O)c1c(OC)cnn1CCN(C)C. The molecule has 0 fully saturated rings. The Bertz CT molecular complexity index is 432. The second-order valence-corrected chi connectivity index (χ2v) is 6.47. The predicted molar refractivity (Wildman–Crippen MR) is 83.9 cm³/mol. The first-order chi connectivity index (χ1) is 9.49. The molecule has 6 heteroatoms. The van der Waals surface area contributed by atoms with Gasteiger partial charge in [0.25, 0.3) is 0 Å². The van der Waals surface area contributed by atoms with Gasteiger partial charge in [0.2, 0.25) is 0 Å². The van der Waals surface area contributed by atoms with Crippen molar-refractivity contribution in [3.63, 3.8) is 0 Å². The van der Waals surface area contributed by atoms with Gasteiger partial charge in [-0.15, -0.1) is 0 Å². The van der Waals surface area contributed by atoms with Crippen molar-refractivity contribution in [2.45, 2.75) is 32.1 Å². The number of rotatable bonds is 9. The Morgan fingerprint density at radius 3 is 2.80 bits per heavy atom. The van der Waals surface area contributed by atoms with Gasteiger partial charge < -0.3 is 9.64 Å². The van der Waals surface area contributed by atoms with E-state index in [4.69, 9.17) is 4.74 Å². The molecule has 0 aliphatic rings. The van der Waals surface area contributed by atoms with Crippen LogP contribution in [0.15, 0.2) is 6.20 Å². The van der Waals surface area contributed by atoms with Gasteiger partial charge in [0.15, 0.2) is 11.5 Å². The molecule has 0 spiro atoms. The molecular weight excluding hydrogens is 274 g/mol. The van der Waals surface area contributed by atoms with Crippen molar-refractivity contribution >= 4 is 17.5 Å². The fourth-order valence-corrected chi connectivity index (χ4v) is 2.48. The highest BCUT2D eigenvalue weighted by molar-refractivity contribution is 8.00. The molecule has 0 saturated heterocycles. The fraction of sp³-hybridized carbons (Fsp3) is 0.714. The molecule has 0 amide bonds. The molecule has 1 heterocycles. The van der Waals surface area contributed by atoms with Gasteiger partial charge in [-0.25, -0.2) is 0 Å². The highest BCUT2D eigenvalue weighted by Crippen LogP contribution is 2.22. The third-order valence-electron chi connectivity index (χ3n) is 3.12. The van der Waals surface area contributed by atoms with Gasteiger partial charge in [0.05, 0.1) is 25.6 Å². The molecule has 0 aromatic carbocycles. The lowest BCUT2D eigenvalue weighted by molar-refractivity contribution is 0.100. The van der Waals surface area contributed by atoms with Gasteiger partial charge in [0, 0.05) is 11.8 Å². The molecule has 0 saturated carbocycles. The van der Waals surface area contributed by atoms with Crippen LogP contribution in [0.25, 0.3) is 0 Å². The number of Topliss-reactive ketones (excluding diaryl/α,β-unsaturated/α-hetero) is 1. The van der Waals surface area contributed by atoms with Crippen molar-refractivity contribution in [2.75, 3.05) is 33.5 Å². The fourth-order valence-electron chi connectivity index (χ4n) is 1.67. The summed E-state index contributed by atoms with van der Waals surface area (Å²) >= 11 is 1.68. The average molecular weight is 299 g/mol. The topological polar surface area (TPSA) is 47.4 Å². The zero-order chi connectivity index (χ0) is 15.1. The van der Waals surface area contributed by atoms with Gasteiger partial charge in [-0.2, -0.15) is 16.9 Å². The summed E-state index contributed by atoms with van der Waals surface area (Å²) in [7, 11) is 5.58. The lowest BCUT2D eigenvalue weighted by Crippen LogP contribution is -2.22. The van der Waals surface area contributed by atoms with Crippen molar-refractivity contribution < 1.29 is 9.53 Å². The molecule has 1 aromatic heterocycles. The molecule has 1 rings (SSSR count). The molecular formula is C14H25N3O2S. The zero-order valence-corrected chi connectivity index (χ0v) is 13.9. The van der Waals surface area contributed by atoms with E-state index in [-0.39, 0.29) is 5.78 Å². The Balaban J connectivity index is 2.79. The van der Waals surface area contributed by atoms with E-state index in [0.29, 0.717) is 29.0 Å². The summed E-state index contributed by atoms with van der Waals surface area (Å²) < 4.78 is 7.01. The van der Waals surface area contributed by atoms with E-state index in [1.165, 1.54) is 0 Å². The second kappa shape index (κ2) is 8.32. The van der Waals surface area contributed by atoms with E-state index in [0.717, 1.165) is 13.0 Å². The largest absolute Gasteiger partial charge is 0.493 e. The minimum atomic E-state index is 0.0865. The van der Waals surface area contributed by atoms with Gasteiger partial charge in [-0.3, -0.25) is 9.48 Å². The van der Waals surface area contributed by atoms with E-state index in [9.17, 15) is 4.79 Å².